The van der Waals surface area contributed by atoms with Crippen molar-refractivity contribution in [3.05, 3.63) is 53.5 Å². The number of aryl methyl sites for hydroxylation is 2. The molecule has 0 saturated heterocycles. The van der Waals surface area contributed by atoms with Gasteiger partial charge >= 0.3 is 0 Å². The summed E-state index contributed by atoms with van der Waals surface area (Å²) >= 11 is 6.30. The number of fused-ring (bicyclic) bond motifs is 1. The fourth-order valence-electron chi connectivity index (χ4n) is 2.36. The molecule has 2 aromatic heterocycles. The average molecular weight is 286 g/mol. The lowest BCUT2D eigenvalue weighted by molar-refractivity contribution is 0.875. The van der Waals surface area contributed by atoms with Crippen molar-refractivity contribution in [3.8, 4) is 5.69 Å². The van der Waals surface area contributed by atoms with Gasteiger partial charge < -0.3 is 0 Å². The number of hydrogen-bond acceptors (Lipinski definition) is 2. The Hall–Kier alpha value is -1.87. The van der Waals surface area contributed by atoms with Crippen molar-refractivity contribution in [2.24, 2.45) is 0 Å². The summed E-state index contributed by atoms with van der Waals surface area (Å²) in [6, 6.07) is 12.3. The molecule has 1 aromatic carbocycles. The molecule has 3 aromatic rings. The van der Waals surface area contributed by atoms with E-state index in [0.717, 1.165) is 28.4 Å². The van der Waals surface area contributed by atoms with Gasteiger partial charge in [-0.05, 0) is 50.6 Å². The van der Waals surface area contributed by atoms with E-state index in [9.17, 15) is 0 Å². The molecular formula is C16H16ClN3. The molecule has 0 aliphatic carbocycles. The first-order valence-corrected chi connectivity index (χ1v) is 7.07. The van der Waals surface area contributed by atoms with E-state index in [4.69, 9.17) is 11.6 Å². The Kier molecular flexibility index (Phi) is 3.22. The van der Waals surface area contributed by atoms with Crippen LogP contribution in [-0.4, -0.2) is 14.5 Å². The highest BCUT2D eigenvalue weighted by Gasteiger charge is 2.17. The summed E-state index contributed by atoms with van der Waals surface area (Å²) in [7, 11) is 0. The quantitative estimate of drug-likeness (QED) is 0.656. The lowest BCUT2D eigenvalue weighted by atomic mass is 10.2. The van der Waals surface area contributed by atoms with Crippen LogP contribution in [0.4, 0.5) is 0 Å². The van der Waals surface area contributed by atoms with E-state index < -0.39 is 0 Å². The molecule has 0 saturated carbocycles. The topological polar surface area (TPSA) is 30.7 Å². The van der Waals surface area contributed by atoms with Crippen molar-refractivity contribution >= 4 is 22.8 Å². The second kappa shape index (κ2) is 4.91. The molecule has 0 spiro atoms. The second-order valence-corrected chi connectivity index (χ2v) is 5.71. The standard InChI is InChI=1S/C16H16ClN3/c1-10-5-4-6-13(9-10)20-15(12(3)17)19-14-8-7-11(2)18-16(14)20/h4-9,12H,1-3H3. The zero-order valence-electron chi connectivity index (χ0n) is 11.8. The van der Waals surface area contributed by atoms with Gasteiger partial charge in [-0.1, -0.05) is 12.1 Å². The molecule has 4 heteroatoms. The van der Waals surface area contributed by atoms with Crippen LogP contribution in [0.3, 0.4) is 0 Å². The van der Waals surface area contributed by atoms with Gasteiger partial charge in [-0.2, -0.15) is 0 Å². The number of rotatable bonds is 2. The SMILES string of the molecule is Cc1cccc(-n2c(C(C)Cl)nc3ccc(C)nc32)c1. The van der Waals surface area contributed by atoms with Gasteiger partial charge in [-0.15, -0.1) is 11.6 Å². The number of aromatic nitrogens is 3. The molecule has 0 amide bonds. The zero-order chi connectivity index (χ0) is 14.3. The molecule has 3 nitrogen and oxygen atoms in total. The maximum absolute atomic E-state index is 6.30. The van der Waals surface area contributed by atoms with Gasteiger partial charge in [0.2, 0.25) is 0 Å². The Labute approximate surface area is 123 Å². The molecule has 2 heterocycles. The Balaban J connectivity index is 2.36. The lowest BCUT2D eigenvalue weighted by Crippen LogP contribution is -2.03. The van der Waals surface area contributed by atoms with Gasteiger partial charge in [0.05, 0.1) is 5.38 Å². The minimum atomic E-state index is -0.176. The molecular weight excluding hydrogens is 270 g/mol. The van der Waals surface area contributed by atoms with Gasteiger partial charge in [-0.25, -0.2) is 9.97 Å². The predicted octanol–water partition coefficient (Wildman–Crippen LogP) is 4.34. The monoisotopic (exact) mass is 285 g/mol. The Morgan fingerprint density at radius 1 is 1.10 bits per heavy atom. The lowest BCUT2D eigenvalue weighted by Gasteiger charge is -2.10. The van der Waals surface area contributed by atoms with Gasteiger partial charge in [0, 0.05) is 11.4 Å². The highest BCUT2D eigenvalue weighted by Crippen LogP contribution is 2.27. The maximum atomic E-state index is 6.30. The fourth-order valence-corrected chi connectivity index (χ4v) is 2.50. The third kappa shape index (κ3) is 2.18. The van der Waals surface area contributed by atoms with Crippen molar-refractivity contribution in [2.45, 2.75) is 26.1 Å². The molecule has 1 atom stereocenters. The van der Waals surface area contributed by atoms with Crippen LogP contribution >= 0.6 is 11.6 Å². The van der Waals surface area contributed by atoms with Crippen LogP contribution in [0.5, 0.6) is 0 Å². The van der Waals surface area contributed by atoms with Gasteiger partial charge in [0.25, 0.3) is 0 Å². The molecule has 0 fully saturated rings. The molecule has 0 radical (unpaired) electrons. The van der Waals surface area contributed by atoms with Crippen molar-refractivity contribution in [1.82, 2.24) is 14.5 Å². The Bertz CT molecular complexity index is 774. The summed E-state index contributed by atoms with van der Waals surface area (Å²) in [5.41, 5.74) is 4.95. The molecule has 0 aliphatic heterocycles. The largest absolute Gasteiger partial charge is 0.279 e. The highest BCUT2D eigenvalue weighted by molar-refractivity contribution is 6.20. The van der Waals surface area contributed by atoms with E-state index in [0.29, 0.717) is 0 Å². The Morgan fingerprint density at radius 2 is 1.90 bits per heavy atom. The summed E-state index contributed by atoms with van der Waals surface area (Å²) in [6.45, 7) is 5.99. The van der Waals surface area contributed by atoms with Gasteiger partial charge in [0.1, 0.15) is 11.3 Å². The Morgan fingerprint density at radius 3 is 2.60 bits per heavy atom. The third-order valence-electron chi connectivity index (χ3n) is 3.29. The summed E-state index contributed by atoms with van der Waals surface area (Å²) in [6.07, 6.45) is 0. The number of hydrogen-bond donors (Lipinski definition) is 0. The molecule has 1 unspecified atom stereocenters. The van der Waals surface area contributed by atoms with E-state index in [1.165, 1.54) is 5.56 Å². The summed E-state index contributed by atoms with van der Waals surface area (Å²) in [5, 5.41) is -0.176. The van der Waals surface area contributed by atoms with E-state index in [-0.39, 0.29) is 5.38 Å². The van der Waals surface area contributed by atoms with Crippen molar-refractivity contribution in [3.63, 3.8) is 0 Å². The summed E-state index contributed by atoms with van der Waals surface area (Å²) in [5.74, 6) is 0.824. The number of halogens is 1. The third-order valence-corrected chi connectivity index (χ3v) is 3.48. The van der Waals surface area contributed by atoms with Crippen LogP contribution in [0.25, 0.3) is 16.9 Å². The molecule has 20 heavy (non-hydrogen) atoms. The van der Waals surface area contributed by atoms with E-state index in [1.54, 1.807) is 0 Å². The molecule has 3 rings (SSSR count). The van der Waals surface area contributed by atoms with E-state index in [2.05, 4.69) is 35.1 Å². The highest BCUT2D eigenvalue weighted by atomic mass is 35.5. The predicted molar refractivity (Wildman–Crippen MR) is 82.6 cm³/mol. The zero-order valence-corrected chi connectivity index (χ0v) is 12.5. The minimum absolute atomic E-state index is 0.176. The van der Waals surface area contributed by atoms with Crippen LogP contribution in [0.2, 0.25) is 0 Å². The summed E-state index contributed by atoms with van der Waals surface area (Å²) < 4.78 is 2.05. The number of alkyl halides is 1. The van der Waals surface area contributed by atoms with Gasteiger partial charge in [0.15, 0.2) is 5.65 Å². The van der Waals surface area contributed by atoms with Crippen LogP contribution in [0, 0.1) is 13.8 Å². The number of nitrogens with zero attached hydrogens (tertiary/aromatic N) is 3. The fraction of sp³-hybridized carbons (Fsp3) is 0.250. The second-order valence-electron chi connectivity index (χ2n) is 5.06. The van der Waals surface area contributed by atoms with E-state index >= 15 is 0 Å². The van der Waals surface area contributed by atoms with Crippen LogP contribution in [-0.2, 0) is 0 Å². The van der Waals surface area contributed by atoms with Crippen LogP contribution in [0.1, 0.15) is 29.4 Å². The molecule has 0 bridgehead atoms. The molecule has 0 N–H and O–H groups in total. The maximum Gasteiger partial charge on any atom is 0.164 e. The summed E-state index contributed by atoms with van der Waals surface area (Å²) in [4.78, 5) is 9.25. The van der Waals surface area contributed by atoms with Crippen LogP contribution in [0.15, 0.2) is 36.4 Å². The first-order valence-electron chi connectivity index (χ1n) is 6.63. The number of benzene rings is 1. The average Bonchev–Trinajstić information content (AvgIpc) is 2.77. The van der Waals surface area contributed by atoms with Gasteiger partial charge in [-0.3, -0.25) is 4.57 Å². The van der Waals surface area contributed by atoms with Crippen LogP contribution < -0.4 is 0 Å². The van der Waals surface area contributed by atoms with E-state index in [1.807, 2.05) is 36.6 Å². The first kappa shape index (κ1) is 13.1. The molecule has 102 valence electrons. The normalized spacial score (nSPS) is 12.8. The molecule has 0 aliphatic rings. The smallest absolute Gasteiger partial charge is 0.164 e. The van der Waals surface area contributed by atoms with Crippen molar-refractivity contribution < 1.29 is 0 Å². The number of pyridine rings is 1. The minimum Gasteiger partial charge on any atom is -0.279 e. The number of imidazole rings is 1. The first-order chi connectivity index (χ1) is 9.56. The van der Waals surface area contributed by atoms with Crippen molar-refractivity contribution in [1.29, 1.82) is 0 Å². The van der Waals surface area contributed by atoms with Crippen molar-refractivity contribution in [2.75, 3.05) is 0 Å².